The maximum atomic E-state index is 14.4. The van der Waals surface area contributed by atoms with Crippen LogP contribution in [0.3, 0.4) is 0 Å². The van der Waals surface area contributed by atoms with Crippen LogP contribution in [0.15, 0.2) is 46.5 Å². The summed E-state index contributed by atoms with van der Waals surface area (Å²) in [6.45, 7) is 2.29. The molecule has 33 heavy (non-hydrogen) atoms. The molecule has 1 saturated carbocycles. The number of urea groups is 1. The second-order valence-corrected chi connectivity index (χ2v) is 8.67. The van der Waals surface area contributed by atoms with Gasteiger partial charge in [-0.2, -0.15) is 0 Å². The maximum Gasteiger partial charge on any atom is 0.321 e. The third kappa shape index (κ3) is 8.42. The first-order valence-corrected chi connectivity index (χ1v) is 11.2. The summed E-state index contributed by atoms with van der Waals surface area (Å²) in [7, 11) is 0. The summed E-state index contributed by atoms with van der Waals surface area (Å²) in [6.07, 6.45) is 8.54. The summed E-state index contributed by atoms with van der Waals surface area (Å²) < 4.78 is 20.0. The van der Waals surface area contributed by atoms with Crippen LogP contribution < -0.4 is 20.7 Å². The van der Waals surface area contributed by atoms with E-state index in [1.165, 1.54) is 19.1 Å². The number of guanidine groups is 1. The van der Waals surface area contributed by atoms with Crippen LogP contribution in [0.1, 0.15) is 26.2 Å². The van der Waals surface area contributed by atoms with Gasteiger partial charge >= 0.3 is 12.0 Å². The van der Waals surface area contributed by atoms with Crippen molar-refractivity contribution in [2.75, 3.05) is 25.0 Å². The molecule has 8 nitrogen and oxygen atoms in total. The minimum absolute atomic E-state index is 0.0508. The number of halogens is 2. The van der Waals surface area contributed by atoms with Crippen LogP contribution in [0.2, 0.25) is 0 Å². The van der Waals surface area contributed by atoms with E-state index in [2.05, 4.69) is 20.9 Å². The van der Waals surface area contributed by atoms with E-state index in [-0.39, 0.29) is 24.2 Å². The quantitative estimate of drug-likeness (QED) is 0.315. The number of hydrogen-bond acceptors (Lipinski definition) is 4. The molecule has 1 aromatic carbocycles. The first-order chi connectivity index (χ1) is 15.8. The van der Waals surface area contributed by atoms with Gasteiger partial charge in [0.25, 0.3) is 0 Å². The topological polar surface area (TPSA) is 112 Å². The Balaban J connectivity index is 1.64. The maximum absolute atomic E-state index is 14.4. The molecule has 2 aliphatic rings. The number of anilines is 1. The molecule has 0 saturated heterocycles. The standard InChI is InChI=1S/C23H28ClFN4O4/c1-14(21(30)31)11-27-23(32)29-22(26-12-15-4-6-17(24)7-5-15)28-18-8-9-20(19(25)10-18)33-13-16-2-3-16/h4,6-10,14-16H,2-3,5,11-13H2,1H3,(H,30,31)(H3,26,27,28,29,32)/t14-,15?/m0/s1. The molecular formula is C23H28ClFN4O4. The zero-order valence-corrected chi connectivity index (χ0v) is 19.1. The lowest BCUT2D eigenvalue weighted by Crippen LogP contribution is -2.44. The number of carboxylic acids is 1. The molecule has 4 N–H and O–H groups in total. The van der Waals surface area contributed by atoms with E-state index in [1.807, 2.05) is 12.2 Å². The number of aliphatic carboxylic acids is 1. The van der Waals surface area contributed by atoms with Crippen molar-refractivity contribution >= 4 is 35.2 Å². The molecule has 0 aliphatic heterocycles. The molecule has 2 aliphatic carbocycles. The van der Waals surface area contributed by atoms with Crippen LogP contribution in [0.25, 0.3) is 0 Å². The number of allylic oxidation sites excluding steroid dienone is 3. The Bertz CT molecular complexity index is 962. The lowest BCUT2D eigenvalue weighted by molar-refractivity contribution is -0.140. The first-order valence-electron chi connectivity index (χ1n) is 10.9. The molecule has 0 spiro atoms. The van der Waals surface area contributed by atoms with Crippen LogP contribution in [0, 0.1) is 23.6 Å². The van der Waals surface area contributed by atoms with Gasteiger partial charge in [-0.15, -0.1) is 0 Å². The zero-order valence-electron chi connectivity index (χ0n) is 18.3. The van der Waals surface area contributed by atoms with E-state index in [0.29, 0.717) is 36.2 Å². The fourth-order valence-electron chi connectivity index (χ4n) is 2.90. The number of carboxylic acid groups (broad SMARTS) is 1. The Hall–Kier alpha value is -3.07. The van der Waals surface area contributed by atoms with Crippen molar-refractivity contribution in [3.8, 4) is 5.75 Å². The molecule has 3 rings (SSSR count). The minimum atomic E-state index is -1.02. The largest absolute Gasteiger partial charge is 0.490 e. The number of amides is 2. The monoisotopic (exact) mass is 478 g/mol. The number of hydrogen-bond donors (Lipinski definition) is 4. The second kappa shape index (κ2) is 11.7. The number of nitrogens with one attached hydrogen (secondary N) is 3. The Morgan fingerprint density at radius 1 is 1.36 bits per heavy atom. The van der Waals surface area contributed by atoms with Crippen LogP contribution in [0.5, 0.6) is 5.75 Å². The predicted molar refractivity (Wildman–Crippen MR) is 125 cm³/mol. The van der Waals surface area contributed by atoms with Crippen LogP contribution >= 0.6 is 11.6 Å². The van der Waals surface area contributed by atoms with Gasteiger partial charge in [0.1, 0.15) is 0 Å². The van der Waals surface area contributed by atoms with E-state index in [9.17, 15) is 14.0 Å². The van der Waals surface area contributed by atoms with E-state index >= 15 is 0 Å². The molecule has 1 aromatic rings. The number of aliphatic imine (C=N–C) groups is 1. The summed E-state index contributed by atoms with van der Waals surface area (Å²) in [5.74, 6) is -1.40. The summed E-state index contributed by atoms with van der Waals surface area (Å²) in [5.41, 5.74) is 0.381. The molecule has 0 bridgehead atoms. The molecule has 1 unspecified atom stereocenters. The van der Waals surface area contributed by atoms with Crippen molar-refractivity contribution in [1.29, 1.82) is 0 Å². The average molecular weight is 479 g/mol. The number of benzene rings is 1. The third-order valence-electron chi connectivity index (χ3n) is 5.22. The lowest BCUT2D eigenvalue weighted by atomic mass is 10.0. The van der Waals surface area contributed by atoms with Crippen molar-refractivity contribution in [1.82, 2.24) is 10.6 Å². The molecule has 2 amide bonds. The Kier molecular flexibility index (Phi) is 8.71. The molecule has 1 fully saturated rings. The molecule has 178 valence electrons. The fourth-order valence-corrected chi connectivity index (χ4v) is 3.06. The third-order valence-corrected chi connectivity index (χ3v) is 5.50. The van der Waals surface area contributed by atoms with Crippen LogP contribution in [0.4, 0.5) is 14.9 Å². The SMILES string of the molecule is C[C@@H](CNC(=O)NC(=NCC1C=CC(Cl)=CC1)Nc1ccc(OCC2CC2)c(F)c1)C(=O)O. The van der Waals surface area contributed by atoms with Gasteiger partial charge in [0.05, 0.1) is 12.5 Å². The number of nitrogens with zero attached hydrogens (tertiary/aromatic N) is 1. The van der Waals surface area contributed by atoms with Gasteiger partial charge in [-0.25, -0.2) is 9.18 Å². The minimum Gasteiger partial charge on any atom is -0.490 e. The fraction of sp³-hybridized carbons (Fsp3) is 0.435. The number of carbonyl (C=O) groups is 2. The van der Waals surface area contributed by atoms with E-state index in [1.54, 1.807) is 12.1 Å². The van der Waals surface area contributed by atoms with E-state index in [0.717, 1.165) is 12.8 Å². The van der Waals surface area contributed by atoms with Gasteiger partial charge in [-0.1, -0.05) is 30.7 Å². The van der Waals surface area contributed by atoms with Gasteiger partial charge in [0.15, 0.2) is 11.6 Å². The zero-order chi connectivity index (χ0) is 23.8. The Labute approximate surface area is 196 Å². The molecule has 0 heterocycles. The van der Waals surface area contributed by atoms with Crippen molar-refractivity contribution in [2.24, 2.45) is 22.7 Å². The summed E-state index contributed by atoms with van der Waals surface area (Å²) >= 11 is 5.95. The second-order valence-electron chi connectivity index (χ2n) is 8.23. The molecule has 10 heteroatoms. The number of carbonyl (C=O) groups excluding carboxylic acids is 1. The van der Waals surface area contributed by atoms with Crippen molar-refractivity contribution in [2.45, 2.75) is 26.2 Å². The van der Waals surface area contributed by atoms with Crippen molar-refractivity contribution in [3.63, 3.8) is 0 Å². The van der Waals surface area contributed by atoms with Gasteiger partial charge < -0.3 is 20.5 Å². The number of ether oxygens (including phenoxy) is 1. The Morgan fingerprint density at radius 3 is 2.79 bits per heavy atom. The Morgan fingerprint density at radius 2 is 2.15 bits per heavy atom. The molecule has 0 aromatic heterocycles. The average Bonchev–Trinajstić information content (AvgIpc) is 3.61. The van der Waals surface area contributed by atoms with Gasteiger partial charge in [0, 0.05) is 35.8 Å². The normalized spacial score (nSPS) is 18.8. The van der Waals surface area contributed by atoms with E-state index < -0.39 is 23.7 Å². The summed E-state index contributed by atoms with van der Waals surface area (Å²) in [5, 5.41) is 17.6. The molecule has 2 atom stereocenters. The first kappa shape index (κ1) is 24.6. The highest BCUT2D eigenvalue weighted by Gasteiger charge is 2.22. The highest BCUT2D eigenvalue weighted by atomic mass is 35.5. The predicted octanol–water partition coefficient (Wildman–Crippen LogP) is 4.10. The smallest absolute Gasteiger partial charge is 0.321 e. The number of rotatable bonds is 9. The van der Waals surface area contributed by atoms with Gasteiger partial charge in [0.2, 0.25) is 5.96 Å². The highest BCUT2D eigenvalue weighted by molar-refractivity contribution is 6.31. The van der Waals surface area contributed by atoms with Crippen LogP contribution in [-0.2, 0) is 4.79 Å². The van der Waals surface area contributed by atoms with E-state index in [4.69, 9.17) is 21.4 Å². The lowest BCUT2D eigenvalue weighted by Gasteiger charge is -2.16. The molecular weight excluding hydrogens is 451 g/mol. The van der Waals surface area contributed by atoms with Gasteiger partial charge in [-0.05, 0) is 43.4 Å². The van der Waals surface area contributed by atoms with Crippen molar-refractivity contribution in [3.05, 3.63) is 47.3 Å². The summed E-state index contributed by atoms with van der Waals surface area (Å²) in [6, 6.07) is 3.81. The summed E-state index contributed by atoms with van der Waals surface area (Å²) in [4.78, 5) is 27.6. The van der Waals surface area contributed by atoms with Crippen LogP contribution in [-0.4, -0.2) is 42.8 Å². The van der Waals surface area contributed by atoms with Crippen molar-refractivity contribution < 1.29 is 23.8 Å². The molecule has 0 radical (unpaired) electrons. The highest BCUT2D eigenvalue weighted by Crippen LogP contribution is 2.30. The van der Waals surface area contributed by atoms with Gasteiger partial charge in [-0.3, -0.25) is 15.1 Å².